The number of amides is 2. The Balaban J connectivity index is 2.17. The summed E-state index contributed by atoms with van der Waals surface area (Å²) in [4.78, 5) is 35.8. The van der Waals surface area contributed by atoms with E-state index in [2.05, 4.69) is 33.2 Å². The summed E-state index contributed by atoms with van der Waals surface area (Å²) in [6.45, 7) is 1.24. The third kappa shape index (κ3) is 6.29. The maximum absolute atomic E-state index is 13.9. The van der Waals surface area contributed by atoms with Gasteiger partial charge < -0.3 is 15.7 Å². The summed E-state index contributed by atoms with van der Waals surface area (Å²) < 4.78 is 14.8. The summed E-state index contributed by atoms with van der Waals surface area (Å²) in [6.07, 6.45) is -0.0000265. The number of carbonyl (C=O) groups is 3. The molecule has 0 aliphatic rings. The minimum Gasteiger partial charge on any atom is -0.480 e. The Morgan fingerprint density at radius 2 is 1.54 bits per heavy atom. The number of hydrogen-bond donors (Lipinski definition) is 3. The molecule has 2 aromatic rings. The fourth-order valence-corrected chi connectivity index (χ4v) is 3.30. The smallest absolute Gasteiger partial charge is 0.326 e. The van der Waals surface area contributed by atoms with Gasteiger partial charge in [0.15, 0.2) is 0 Å². The van der Waals surface area contributed by atoms with Crippen molar-refractivity contribution in [2.45, 2.75) is 31.8 Å². The third-order valence-electron chi connectivity index (χ3n) is 4.07. The Hall–Kier alpha value is -2.49. The predicted molar refractivity (Wildman–Crippen MR) is 110 cm³/mol. The molecule has 0 aliphatic heterocycles. The summed E-state index contributed by atoms with van der Waals surface area (Å²) in [5, 5.41) is 14.4. The Bertz CT molecular complexity index is 875. The van der Waals surface area contributed by atoms with Crippen molar-refractivity contribution < 1.29 is 23.9 Å². The van der Waals surface area contributed by atoms with Gasteiger partial charge in [0.25, 0.3) is 0 Å². The van der Waals surface area contributed by atoms with Crippen molar-refractivity contribution in [2.75, 3.05) is 0 Å². The topological polar surface area (TPSA) is 95.5 Å². The monoisotopic (exact) mass is 498 g/mol. The molecule has 0 unspecified atom stereocenters. The first kappa shape index (κ1) is 21.8. The van der Waals surface area contributed by atoms with Crippen LogP contribution in [0, 0.1) is 9.39 Å². The van der Waals surface area contributed by atoms with E-state index in [1.165, 1.54) is 25.1 Å². The first-order valence-corrected chi connectivity index (χ1v) is 9.63. The summed E-state index contributed by atoms with van der Waals surface area (Å²) in [7, 11) is 0. The lowest BCUT2D eigenvalue weighted by atomic mass is 10.0. The van der Waals surface area contributed by atoms with Gasteiger partial charge in [-0.3, -0.25) is 9.59 Å². The molecule has 148 valence electrons. The van der Waals surface area contributed by atoms with Crippen molar-refractivity contribution in [1.82, 2.24) is 10.6 Å². The van der Waals surface area contributed by atoms with Gasteiger partial charge in [0.1, 0.15) is 17.9 Å². The molecule has 0 aliphatic carbocycles. The van der Waals surface area contributed by atoms with Crippen LogP contribution in [0.4, 0.5) is 4.39 Å². The van der Waals surface area contributed by atoms with Crippen LogP contribution in [0.15, 0.2) is 48.5 Å². The van der Waals surface area contributed by atoms with Crippen LogP contribution in [0.2, 0.25) is 0 Å². The van der Waals surface area contributed by atoms with E-state index in [1.54, 1.807) is 18.2 Å². The van der Waals surface area contributed by atoms with E-state index in [4.69, 9.17) is 0 Å². The molecular formula is C20H20FIN2O4. The van der Waals surface area contributed by atoms with Crippen molar-refractivity contribution in [3.8, 4) is 0 Å². The number of aliphatic carboxylic acids is 1. The van der Waals surface area contributed by atoms with Crippen LogP contribution >= 0.6 is 22.6 Å². The molecule has 3 N–H and O–H groups in total. The largest absolute Gasteiger partial charge is 0.480 e. The van der Waals surface area contributed by atoms with Crippen LogP contribution in [0.5, 0.6) is 0 Å². The highest BCUT2D eigenvalue weighted by molar-refractivity contribution is 14.1. The van der Waals surface area contributed by atoms with Crippen molar-refractivity contribution in [3.63, 3.8) is 0 Å². The quantitative estimate of drug-likeness (QED) is 0.487. The minimum atomic E-state index is -1.19. The Labute approximate surface area is 175 Å². The molecule has 0 bridgehead atoms. The molecule has 0 saturated carbocycles. The maximum Gasteiger partial charge on any atom is 0.326 e. The highest BCUT2D eigenvalue weighted by Crippen LogP contribution is 2.14. The molecular weight excluding hydrogens is 478 g/mol. The SMILES string of the molecule is CC(=O)N[C@@H](Cc1ccccc1F)C(=O)N[C@H](Cc1ccccc1I)C(=O)O. The number of rotatable bonds is 8. The Morgan fingerprint density at radius 1 is 0.964 bits per heavy atom. The molecule has 0 saturated heterocycles. The van der Waals surface area contributed by atoms with Gasteiger partial charge in [0.05, 0.1) is 0 Å². The van der Waals surface area contributed by atoms with Crippen LogP contribution in [0.1, 0.15) is 18.1 Å². The normalized spacial score (nSPS) is 12.7. The second-order valence-corrected chi connectivity index (χ2v) is 7.41. The molecule has 2 atom stereocenters. The molecule has 0 aromatic heterocycles. The predicted octanol–water partition coefficient (Wildman–Crippen LogP) is 2.29. The lowest BCUT2D eigenvalue weighted by Crippen LogP contribution is -2.52. The van der Waals surface area contributed by atoms with Gasteiger partial charge in [-0.2, -0.15) is 0 Å². The fourth-order valence-electron chi connectivity index (χ4n) is 2.69. The zero-order valence-electron chi connectivity index (χ0n) is 15.1. The minimum absolute atomic E-state index is 0.0900. The van der Waals surface area contributed by atoms with Gasteiger partial charge in [-0.15, -0.1) is 0 Å². The number of hydrogen-bond acceptors (Lipinski definition) is 3. The molecule has 0 radical (unpaired) electrons. The lowest BCUT2D eigenvalue weighted by Gasteiger charge is -2.21. The molecule has 8 heteroatoms. The van der Waals surface area contributed by atoms with Crippen molar-refractivity contribution >= 4 is 40.4 Å². The average molecular weight is 498 g/mol. The first-order chi connectivity index (χ1) is 13.3. The van der Waals surface area contributed by atoms with Crippen LogP contribution in [0.3, 0.4) is 0 Å². The number of carboxylic acid groups (broad SMARTS) is 1. The molecule has 0 fully saturated rings. The number of benzene rings is 2. The van der Waals surface area contributed by atoms with Gasteiger partial charge in [-0.25, -0.2) is 9.18 Å². The van der Waals surface area contributed by atoms with Crippen LogP contribution in [-0.4, -0.2) is 35.0 Å². The van der Waals surface area contributed by atoms with E-state index in [0.29, 0.717) is 0 Å². The van der Waals surface area contributed by atoms with E-state index in [1.807, 2.05) is 12.1 Å². The second-order valence-electron chi connectivity index (χ2n) is 6.24. The summed E-state index contributed by atoms with van der Waals surface area (Å²) in [5.41, 5.74) is 1.03. The fraction of sp³-hybridized carbons (Fsp3) is 0.250. The molecule has 2 amide bonds. The summed E-state index contributed by atoms with van der Waals surface area (Å²) in [5.74, 6) is -2.85. The van der Waals surface area contributed by atoms with Gasteiger partial charge in [-0.05, 0) is 45.9 Å². The number of carboxylic acids is 1. The van der Waals surface area contributed by atoms with E-state index in [9.17, 15) is 23.9 Å². The summed E-state index contributed by atoms with van der Waals surface area (Å²) >= 11 is 2.09. The summed E-state index contributed by atoms with van der Waals surface area (Å²) in [6, 6.07) is 10.9. The number of halogens is 2. The zero-order chi connectivity index (χ0) is 20.7. The van der Waals surface area contributed by atoms with E-state index in [-0.39, 0.29) is 18.4 Å². The lowest BCUT2D eigenvalue weighted by molar-refractivity contribution is -0.142. The van der Waals surface area contributed by atoms with E-state index >= 15 is 0 Å². The van der Waals surface area contributed by atoms with Crippen LogP contribution in [0.25, 0.3) is 0 Å². The van der Waals surface area contributed by atoms with Gasteiger partial charge in [0.2, 0.25) is 11.8 Å². The average Bonchev–Trinajstić information content (AvgIpc) is 2.63. The molecule has 2 rings (SSSR count). The molecule has 28 heavy (non-hydrogen) atoms. The highest BCUT2D eigenvalue weighted by Gasteiger charge is 2.27. The van der Waals surface area contributed by atoms with Gasteiger partial charge >= 0.3 is 5.97 Å². The van der Waals surface area contributed by atoms with Crippen molar-refractivity contribution in [1.29, 1.82) is 0 Å². The molecule has 2 aromatic carbocycles. The Morgan fingerprint density at radius 3 is 2.11 bits per heavy atom. The molecule has 0 heterocycles. The zero-order valence-corrected chi connectivity index (χ0v) is 17.3. The standard InChI is InChI=1S/C20H20FIN2O4/c1-12(25)23-17(10-13-6-2-4-8-15(13)21)19(26)24-18(20(27)28)11-14-7-3-5-9-16(14)22/h2-9,17-18H,10-11H2,1H3,(H,23,25)(H,24,26)(H,27,28)/t17-,18+/m0/s1. The Kier molecular flexibility index (Phi) is 7.91. The highest BCUT2D eigenvalue weighted by atomic mass is 127. The van der Waals surface area contributed by atoms with Crippen LogP contribution < -0.4 is 10.6 Å². The second kappa shape index (κ2) is 10.2. The maximum atomic E-state index is 13.9. The first-order valence-electron chi connectivity index (χ1n) is 8.55. The number of carbonyl (C=O) groups excluding carboxylic acids is 2. The van der Waals surface area contributed by atoms with E-state index in [0.717, 1.165) is 9.13 Å². The number of nitrogens with one attached hydrogen (secondary N) is 2. The van der Waals surface area contributed by atoms with E-state index < -0.39 is 35.7 Å². The van der Waals surface area contributed by atoms with Crippen molar-refractivity contribution in [2.24, 2.45) is 0 Å². The molecule has 6 nitrogen and oxygen atoms in total. The van der Waals surface area contributed by atoms with Gasteiger partial charge in [0, 0.05) is 23.3 Å². The van der Waals surface area contributed by atoms with Crippen LogP contribution in [-0.2, 0) is 27.2 Å². The third-order valence-corrected chi connectivity index (χ3v) is 5.12. The van der Waals surface area contributed by atoms with Gasteiger partial charge in [-0.1, -0.05) is 36.4 Å². The van der Waals surface area contributed by atoms with Crippen molar-refractivity contribution in [3.05, 3.63) is 69.0 Å². The molecule has 0 spiro atoms.